The van der Waals surface area contributed by atoms with Crippen LogP contribution >= 0.6 is 7.59 Å². The minimum atomic E-state index is -3.09. The lowest BCUT2D eigenvalue weighted by Gasteiger charge is -2.04. The van der Waals surface area contributed by atoms with E-state index < -0.39 is 7.59 Å². The van der Waals surface area contributed by atoms with E-state index in [2.05, 4.69) is 12.0 Å². The normalized spacial score (nSPS) is 12.1. The molecule has 0 radical (unpaired) electrons. The number of rotatable bonds is 17. The summed E-state index contributed by atoms with van der Waals surface area (Å²) < 4.78 is 11.0. The Morgan fingerprint density at radius 1 is 0.739 bits per heavy atom. The molecule has 0 bridgehead atoms. The van der Waals surface area contributed by atoms with Gasteiger partial charge in [0, 0.05) is 6.20 Å². The molecule has 0 heterocycles. The van der Waals surface area contributed by atoms with E-state index in [9.17, 15) is 4.57 Å². The molecule has 5 N–H and O–H groups in total. The predicted octanol–water partition coefficient (Wildman–Crippen LogP) is 5.99. The van der Waals surface area contributed by atoms with Crippen LogP contribution in [0.5, 0.6) is 0 Å². The maximum atomic E-state index is 11.0. The van der Waals surface area contributed by atoms with Gasteiger partial charge in [-0.25, -0.2) is 0 Å². The number of allylic oxidation sites excluding steroid dienone is 1. The first kappa shape index (κ1) is 22.7. The van der Waals surface area contributed by atoms with Crippen LogP contribution in [0.4, 0.5) is 0 Å². The van der Waals surface area contributed by atoms with Gasteiger partial charge in [0.2, 0.25) is 0 Å². The van der Waals surface area contributed by atoms with Gasteiger partial charge in [-0.1, -0.05) is 96.5 Å². The molecule has 0 unspecified atom stereocenters. The first-order chi connectivity index (χ1) is 11.1. The third-order valence-corrected chi connectivity index (χ3v) is 4.67. The van der Waals surface area contributed by atoms with Crippen LogP contribution in [0.1, 0.15) is 103 Å². The number of nitrogens with two attached hydrogens (primary N) is 2. The second-order valence-corrected chi connectivity index (χ2v) is 8.30. The van der Waals surface area contributed by atoms with Crippen molar-refractivity contribution in [3.63, 3.8) is 0 Å². The molecule has 23 heavy (non-hydrogen) atoms. The summed E-state index contributed by atoms with van der Waals surface area (Å²) >= 11 is 0. The molecule has 5 heteroatoms. The zero-order valence-corrected chi connectivity index (χ0v) is 16.2. The number of hydrogen-bond donors (Lipinski definition) is 3. The van der Waals surface area contributed by atoms with Crippen LogP contribution in [-0.4, -0.2) is 0 Å². The van der Waals surface area contributed by atoms with Gasteiger partial charge in [-0.05, 0) is 12.8 Å². The average molecular weight is 346 g/mol. The average Bonchev–Trinajstić information content (AvgIpc) is 2.49. The van der Waals surface area contributed by atoms with E-state index in [1.807, 2.05) is 6.08 Å². The van der Waals surface area contributed by atoms with Crippen molar-refractivity contribution >= 4 is 7.59 Å². The maximum absolute atomic E-state index is 11.0. The van der Waals surface area contributed by atoms with E-state index in [1.165, 1.54) is 89.9 Å². The second kappa shape index (κ2) is 16.5. The van der Waals surface area contributed by atoms with Crippen molar-refractivity contribution in [3.8, 4) is 0 Å². The Hall–Kier alpha value is -0.310. The van der Waals surface area contributed by atoms with Crippen molar-refractivity contribution in [3.05, 3.63) is 12.3 Å². The lowest BCUT2D eigenvalue weighted by Crippen LogP contribution is -2.16. The van der Waals surface area contributed by atoms with Crippen molar-refractivity contribution in [2.75, 3.05) is 0 Å². The Kier molecular flexibility index (Phi) is 16.3. The molecule has 0 aliphatic rings. The van der Waals surface area contributed by atoms with Crippen LogP contribution in [0.2, 0.25) is 0 Å². The maximum Gasteiger partial charge on any atom is 0.297 e. The van der Waals surface area contributed by atoms with Crippen molar-refractivity contribution in [2.24, 2.45) is 11.0 Å². The van der Waals surface area contributed by atoms with E-state index in [4.69, 9.17) is 11.0 Å². The molecule has 0 aromatic rings. The van der Waals surface area contributed by atoms with Gasteiger partial charge in [0.05, 0.1) is 0 Å². The van der Waals surface area contributed by atoms with Gasteiger partial charge < -0.3 is 5.09 Å². The van der Waals surface area contributed by atoms with Gasteiger partial charge in [0.1, 0.15) is 0 Å². The fourth-order valence-electron chi connectivity index (χ4n) is 2.71. The summed E-state index contributed by atoms with van der Waals surface area (Å²) in [6.45, 7) is 2.27. The summed E-state index contributed by atoms with van der Waals surface area (Å²) in [5, 5.41) is 2.50. The fourth-order valence-corrected chi connectivity index (χ4v) is 3.05. The van der Waals surface area contributed by atoms with Crippen molar-refractivity contribution in [1.82, 2.24) is 5.09 Å². The number of nitrogens with one attached hydrogen (secondary N) is 1. The van der Waals surface area contributed by atoms with Gasteiger partial charge in [-0.15, -0.1) is 0 Å². The quantitative estimate of drug-likeness (QED) is 0.223. The molecule has 0 fully saturated rings. The Bertz CT molecular complexity index is 315. The lowest BCUT2D eigenvalue weighted by molar-refractivity contribution is 0.536. The Labute approximate surface area is 144 Å². The molecule has 138 valence electrons. The molecule has 0 aromatic heterocycles. The van der Waals surface area contributed by atoms with Gasteiger partial charge in [-0.2, -0.15) is 0 Å². The summed E-state index contributed by atoms with van der Waals surface area (Å²) in [5.74, 6) is 0. The standard InChI is InChI=1S/C18H40N3OP/c1-2-3-4-5-6-7-8-9-10-11-12-13-14-15-16-17-18-21-23(19,20)22/h17-18H,2-16H2,1H3,(H5,19,20,21,22). The minimum absolute atomic E-state index is 0.991. The molecule has 0 spiro atoms. The van der Waals surface area contributed by atoms with Gasteiger partial charge in [0.15, 0.2) is 0 Å². The molecular formula is C18H40N3OP. The zero-order valence-electron chi connectivity index (χ0n) is 15.3. The minimum Gasteiger partial charge on any atom is -0.320 e. The summed E-state index contributed by atoms with van der Waals surface area (Å²) in [6.07, 6.45) is 23.8. The van der Waals surface area contributed by atoms with Crippen LogP contribution in [0.3, 0.4) is 0 Å². The summed E-state index contributed by atoms with van der Waals surface area (Å²) in [5.41, 5.74) is 10.3. The smallest absolute Gasteiger partial charge is 0.297 e. The third kappa shape index (κ3) is 21.7. The summed E-state index contributed by atoms with van der Waals surface area (Å²) in [6, 6.07) is 0. The van der Waals surface area contributed by atoms with E-state index >= 15 is 0 Å². The van der Waals surface area contributed by atoms with Crippen molar-refractivity contribution in [1.29, 1.82) is 0 Å². The molecular weight excluding hydrogens is 305 g/mol. The Morgan fingerprint density at radius 3 is 1.52 bits per heavy atom. The summed E-state index contributed by atoms with van der Waals surface area (Å²) in [7, 11) is -3.09. The van der Waals surface area contributed by atoms with Crippen molar-refractivity contribution < 1.29 is 4.57 Å². The Balaban J connectivity index is 3.09. The molecule has 0 rings (SSSR count). The molecule has 0 saturated carbocycles. The molecule has 0 aliphatic heterocycles. The molecule has 0 amide bonds. The van der Waals surface area contributed by atoms with Crippen LogP contribution in [0.15, 0.2) is 12.3 Å². The highest BCUT2D eigenvalue weighted by Crippen LogP contribution is 2.17. The van der Waals surface area contributed by atoms with Crippen LogP contribution < -0.4 is 16.1 Å². The van der Waals surface area contributed by atoms with E-state index in [0.717, 1.165) is 6.42 Å². The molecule has 4 nitrogen and oxygen atoms in total. The monoisotopic (exact) mass is 345 g/mol. The fraction of sp³-hybridized carbons (Fsp3) is 0.889. The van der Waals surface area contributed by atoms with Crippen LogP contribution in [-0.2, 0) is 4.57 Å². The Morgan fingerprint density at radius 2 is 1.13 bits per heavy atom. The van der Waals surface area contributed by atoms with E-state index in [0.29, 0.717) is 0 Å². The van der Waals surface area contributed by atoms with E-state index in [-0.39, 0.29) is 0 Å². The highest BCUT2D eigenvalue weighted by molar-refractivity contribution is 7.57. The summed E-state index contributed by atoms with van der Waals surface area (Å²) in [4.78, 5) is 0. The highest BCUT2D eigenvalue weighted by Gasteiger charge is 2.00. The lowest BCUT2D eigenvalue weighted by atomic mass is 10.0. The van der Waals surface area contributed by atoms with Gasteiger partial charge >= 0.3 is 0 Å². The van der Waals surface area contributed by atoms with Crippen molar-refractivity contribution in [2.45, 2.75) is 103 Å². The molecule has 0 aliphatic carbocycles. The van der Waals surface area contributed by atoms with Crippen LogP contribution in [0.25, 0.3) is 0 Å². The highest BCUT2D eigenvalue weighted by atomic mass is 31.2. The zero-order chi connectivity index (χ0) is 17.2. The molecule has 0 aromatic carbocycles. The topological polar surface area (TPSA) is 81.1 Å². The SMILES string of the molecule is CCCCCCCCCCCCCCCCC=CNP(N)(N)=O. The van der Waals surface area contributed by atoms with Gasteiger partial charge in [-0.3, -0.25) is 15.6 Å². The predicted molar refractivity (Wildman–Crippen MR) is 103 cm³/mol. The molecule has 0 atom stereocenters. The molecule has 0 saturated heterocycles. The number of hydrogen-bond acceptors (Lipinski definition) is 1. The first-order valence-electron chi connectivity index (χ1n) is 9.66. The second-order valence-electron chi connectivity index (χ2n) is 6.63. The van der Waals surface area contributed by atoms with Gasteiger partial charge in [0.25, 0.3) is 7.59 Å². The largest absolute Gasteiger partial charge is 0.320 e. The first-order valence-corrected chi connectivity index (χ1v) is 11.5. The number of unbranched alkanes of at least 4 members (excludes halogenated alkanes) is 14. The van der Waals surface area contributed by atoms with E-state index in [1.54, 1.807) is 6.20 Å². The van der Waals surface area contributed by atoms with Crippen LogP contribution in [0, 0.1) is 0 Å². The third-order valence-electron chi connectivity index (χ3n) is 4.12.